The van der Waals surface area contributed by atoms with Crippen molar-refractivity contribution in [2.24, 2.45) is 0 Å². The molecule has 0 unspecified atom stereocenters. The van der Waals surface area contributed by atoms with Crippen molar-refractivity contribution in [3.05, 3.63) is 68.3 Å². The van der Waals surface area contributed by atoms with Gasteiger partial charge in [0, 0.05) is 22.9 Å². The van der Waals surface area contributed by atoms with Crippen molar-refractivity contribution in [2.45, 2.75) is 14.7 Å². The molecule has 17 nitrogen and oxygen atoms in total. The van der Waals surface area contributed by atoms with Gasteiger partial charge in [0.25, 0.3) is 17.3 Å². The predicted molar refractivity (Wildman–Crippen MR) is 116 cm³/mol. The molecule has 0 aliphatic carbocycles. The van der Waals surface area contributed by atoms with Gasteiger partial charge < -0.3 is 19.0 Å². The third-order valence-corrected chi connectivity index (χ3v) is 7.24. The van der Waals surface area contributed by atoms with Crippen molar-refractivity contribution >= 4 is 64.1 Å². The number of amides is 1. The summed E-state index contributed by atoms with van der Waals surface area (Å²) in [6, 6.07) is 3.26. The van der Waals surface area contributed by atoms with Gasteiger partial charge in [-0.25, -0.2) is 25.3 Å². The molecule has 1 N–H and O–H groups in total. The van der Waals surface area contributed by atoms with Crippen molar-refractivity contribution in [1.29, 1.82) is 0 Å². The van der Waals surface area contributed by atoms with E-state index in [1.165, 1.54) is 0 Å². The fourth-order valence-corrected chi connectivity index (χ4v) is 5.19. The molecular formula is C17H8N3Na3O14S3. The second-order valence-corrected chi connectivity index (χ2v) is 11.1. The normalized spacial score (nSPS) is 11.4. The number of carbonyl (C=O) groups excluding carboxylic acids is 1. The zero-order valence-electron chi connectivity index (χ0n) is 20.4. The number of hydrogen-bond acceptors (Lipinski definition) is 14. The Bertz CT molecular complexity index is 1830. The number of carbonyl (C=O) groups is 1. The molecule has 0 bridgehead atoms. The molecule has 40 heavy (non-hydrogen) atoms. The van der Waals surface area contributed by atoms with E-state index in [-0.39, 0.29) is 94.7 Å². The number of rotatable bonds is 7. The summed E-state index contributed by atoms with van der Waals surface area (Å²) in [4.78, 5) is 28.6. The van der Waals surface area contributed by atoms with Crippen LogP contribution in [0.4, 0.5) is 17.1 Å². The van der Waals surface area contributed by atoms with E-state index in [0.717, 1.165) is 0 Å². The summed E-state index contributed by atoms with van der Waals surface area (Å²) in [5, 5.41) is 22.1. The Morgan fingerprint density at radius 2 is 1.15 bits per heavy atom. The summed E-state index contributed by atoms with van der Waals surface area (Å²) in [5.74, 6) is -1.36. The van der Waals surface area contributed by atoms with Gasteiger partial charge >= 0.3 is 88.7 Å². The van der Waals surface area contributed by atoms with Crippen LogP contribution in [0, 0.1) is 20.2 Å². The van der Waals surface area contributed by atoms with E-state index >= 15 is 0 Å². The zero-order chi connectivity index (χ0) is 28.1. The average Bonchev–Trinajstić information content (AvgIpc) is 2.75. The monoisotopic (exact) mass is 643 g/mol. The third-order valence-electron chi connectivity index (χ3n) is 4.67. The van der Waals surface area contributed by atoms with Gasteiger partial charge in [-0.2, -0.15) is 0 Å². The molecule has 3 rings (SSSR count). The number of non-ortho nitro benzene ring substituents is 2. The maximum Gasteiger partial charge on any atom is 1.00 e. The van der Waals surface area contributed by atoms with Gasteiger partial charge in [-0.3, -0.25) is 25.0 Å². The van der Waals surface area contributed by atoms with Gasteiger partial charge in [0.2, 0.25) is 0 Å². The van der Waals surface area contributed by atoms with Crippen LogP contribution in [-0.2, 0) is 30.4 Å². The van der Waals surface area contributed by atoms with E-state index in [2.05, 4.69) is 0 Å². The van der Waals surface area contributed by atoms with Crippen LogP contribution in [0.3, 0.4) is 0 Å². The number of hydrogen-bond donors (Lipinski definition) is 1. The van der Waals surface area contributed by atoms with Crippen LogP contribution < -0.4 is 94.0 Å². The second kappa shape index (κ2) is 13.9. The molecule has 0 spiro atoms. The Kier molecular flexibility index (Phi) is 13.6. The number of benzene rings is 3. The molecular weight excluding hydrogens is 635 g/mol. The van der Waals surface area contributed by atoms with E-state index in [4.69, 9.17) is 0 Å². The van der Waals surface area contributed by atoms with E-state index in [1.54, 1.807) is 0 Å². The van der Waals surface area contributed by atoms with Gasteiger partial charge in [-0.05, 0) is 24.3 Å². The van der Waals surface area contributed by atoms with Crippen LogP contribution in [0.25, 0.3) is 10.8 Å². The summed E-state index contributed by atoms with van der Waals surface area (Å²) in [6.07, 6.45) is 0. The van der Waals surface area contributed by atoms with Crippen molar-refractivity contribution in [3.63, 3.8) is 0 Å². The number of nitrogens with one attached hydrogen (secondary N) is 1. The van der Waals surface area contributed by atoms with E-state index in [9.17, 15) is 63.9 Å². The van der Waals surface area contributed by atoms with Gasteiger partial charge in [0.05, 0.1) is 41.9 Å². The Balaban J connectivity index is 0.00000507. The largest absolute Gasteiger partial charge is 1.00 e. The first kappa shape index (κ1) is 38.9. The van der Waals surface area contributed by atoms with Crippen molar-refractivity contribution in [2.75, 3.05) is 5.32 Å². The molecule has 0 heterocycles. The van der Waals surface area contributed by atoms with Crippen LogP contribution >= 0.6 is 0 Å². The second-order valence-electron chi connectivity index (χ2n) is 7.02. The van der Waals surface area contributed by atoms with Gasteiger partial charge in [-0.15, -0.1) is 0 Å². The minimum Gasteiger partial charge on any atom is -0.744 e. The summed E-state index contributed by atoms with van der Waals surface area (Å²) < 4.78 is 105. The molecule has 3 aromatic rings. The standard InChI is InChI=1S/C17H11N3O14S3.3Na/c21-17(8-3-9(19(22)23)5-10(4-8)20(24)25)18-13-1-2-14(36(29,30)31)12-6-11(35(26,27)28)7-15(16(12)13)37(32,33)34;;;/h1-7H,(H,18,21)(H,26,27,28)(H,29,30,31)(H,32,33,34);;;/q;3*+1/p-3. The number of nitro groups is 2. The maximum absolute atomic E-state index is 12.8. The summed E-state index contributed by atoms with van der Waals surface area (Å²) in [5.41, 5.74) is -3.21. The zero-order valence-corrected chi connectivity index (χ0v) is 28.8. The van der Waals surface area contributed by atoms with Crippen molar-refractivity contribution < 1.29 is 142 Å². The average molecular weight is 643 g/mol. The third kappa shape index (κ3) is 8.72. The quantitative estimate of drug-likeness (QED) is 0.108. The fourth-order valence-electron chi connectivity index (χ4n) is 3.19. The maximum atomic E-state index is 12.8. The van der Waals surface area contributed by atoms with Crippen LogP contribution in [-0.4, -0.2) is 54.7 Å². The van der Waals surface area contributed by atoms with Crippen LogP contribution in [0.2, 0.25) is 0 Å². The Labute approximate surface area is 291 Å². The molecule has 0 saturated heterocycles. The molecule has 0 atom stereocenters. The molecule has 0 aliphatic heterocycles. The minimum absolute atomic E-state index is 0. The van der Waals surface area contributed by atoms with Crippen LogP contribution in [0.1, 0.15) is 10.4 Å². The van der Waals surface area contributed by atoms with E-state index < -0.39 is 94.2 Å². The Hall–Kier alpha value is -1.08. The molecule has 3 aromatic carbocycles. The molecule has 1 amide bonds. The first-order valence-corrected chi connectivity index (χ1v) is 13.3. The van der Waals surface area contributed by atoms with Crippen molar-refractivity contribution in [3.8, 4) is 0 Å². The first-order valence-electron chi connectivity index (χ1n) is 9.04. The van der Waals surface area contributed by atoms with Crippen LogP contribution in [0.15, 0.2) is 57.2 Å². The topological polar surface area (TPSA) is 287 Å². The predicted octanol–water partition coefficient (Wildman–Crippen LogP) is -8.37. The molecule has 0 aromatic heterocycles. The van der Waals surface area contributed by atoms with E-state index in [0.29, 0.717) is 36.4 Å². The molecule has 196 valence electrons. The summed E-state index contributed by atoms with van der Waals surface area (Å²) >= 11 is 0. The molecule has 23 heteroatoms. The molecule has 0 fully saturated rings. The molecule has 0 radical (unpaired) electrons. The number of nitro benzene ring substituents is 2. The smallest absolute Gasteiger partial charge is 0.744 e. The minimum atomic E-state index is -5.71. The Morgan fingerprint density at radius 3 is 1.55 bits per heavy atom. The summed E-state index contributed by atoms with van der Waals surface area (Å²) in [7, 11) is -16.7. The van der Waals surface area contributed by atoms with Crippen molar-refractivity contribution in [1.82, 2.24) is 0 Å². The number of anilines is 1. The summed E-state index contributed by atoms with van der Waals surface area (Å²) in [6.45, 7) is 0. The molecule has 0 aliphatic rings. The van der Waals surface area contributed by atoms with Gasteiger partial charge in [-0.1, -0.05) is 0 Å². The van der Waals surface area contributed by atoms with Gasteiger partial charge in [0.15, 0.2) is 0 Å². The number of nitrogens with zero attached hydrogens (tertiary/aromatic N) is 2. The van der Waals surface area contributed by atoms with E-state index in [1.807, 2.05) is 5.32 Å². The van der Waals surface area contributed by atoms with Crippen LogP contribution in [0.5, 0.6) is 0 Å². The molecule has 0 saturated carbocycles. The van der Waals surface area contributed by atoms with Gasteiger partial charge in [0.1, 0.15) is 30.4 Å². The first-order chi connectivity index (χ1) is 16.8. The fraction of sp³-hybridized carbons (Fsp3) is 0. The Morgan fingerprint density at radius 1 is 0.675 bits per heavy atom. The SMILES string of the molecule is O=C(Nc1ccc(S(=O)(=O)[O-])c2cc(S(=O)(=O)[O-])cc(S(=O)(=O)[O-])c12)c1cc([N+](=O)[O-])cc([N+](=O)[O-])c1.[Na+].[Na+].[Na+]. The number of fused-ring (bicyclic) bond motifs is 1.